The quantitative estimate of drug-likeness (QED) is 0.777. The highest BCUT2D eigenvalue weighted by Gasteiger charge is 2.37. The number of carbonyl (C=O) groups is 2. The molecule has 4 rings (SSSR count). The summed E-state index contributed by atoms with van der Waals surface area (Å²) >= 11 is 0. The van der Waals surface area contributed by atoms with E-state index in [1.165, 1.54) is 5.01 Å². The van der Waals surface area contributed by atoms with Crippen LogP contribution in [0.15, 0.2) is 35.6 Å². The van der Waals surface area contributed by atoms with E-state index < -0.39 is 15.9 Å². The standard InChI is InChI=1S/C19H22N4O4S/c24-18-6-5-17(22-23(18)14-8-10-28(26,27)12-14)19(25)20-9-7-13-11-21-16-4-2-1-3-15(13)16/h1-4,11,14,21H,5-10,12H2,(H,20,25). The first-order valence-corrected chi connectivity index (χ1v) is 11.2. The van der Waals surface area contributed by atoms with Crippen molar-refractivity contribution in [1.29, 1.82) is 0 Å². The van der Waals surface area contributed by atoms with Gasteiger partial charge in [-0.2, -0.15) is 5.10 Å². The fourth-order valence-corrected chi connectivity index (χ4v) is 5.43. The number of nitrogens with one attached hydrogen (secondary N) is 2. The number of aromatic amines is 1. The van der Waals surface area contributed by atoms with Crippen molar-refractivity contribution in [2.45, 2.75) is 31.7 Å². The molecule has 1 fully saturated rings. The van der Waals surface area contributed by atoms with Crippen molar-refractivity contribution >= 4 is 38.3 Å². The summed E-state index contributed by atoms with van der Waals surface area (Å²) in [5.74, 6) is -0.559. The fourth-order valence-electron chi connectivity index (χ4n) is 3.74. The molecule has 0 saturated carbocycles. The zero-order chi connectivity index (χ0) is 19.7. The van der Waals surface area contributed by atoms with Crippen LogP contribution in [0.1, 0.15) is 24.8 Å². The van der Waals surface area contributed by atoms with Crippen molar-refractivity contribution in [3.05, 3.63) is 36.0 Å². The highest BCUT2D eigenvalue weighted by Crippen LogP contribution is 2.22. The smallest absolute Gasteiger partial charge is 0.267 e. The summed E-state index contributed by atoms with van der Waals surface area (Å²) in [4.78, 5) is 27.8. The van der Waals surface area contributed by atoms with Gasteiger partial charge >= 0.3 is 0 Å². The molecule has 0 radical (unpaired) electrons. The third-order valence-electron chi connectivity index (χ3n) is 5.23. The third kappa shape index (κ3) is 3.80. The zero-order valence-electron chi connectivity index (χ0n) is 15.3. The van der Waals surface area contributed by atoms with E-state index in [1.807, 2.05) is 30.5 Å². The van der Waals surface area contributed by atoms with E-state index in [0.717, 1.165) is 16.5 Å². The molecule has 0 aliphatic carbocycles. The van der Waals surface area contributed by atoms with Gasteiger partial charge in [-0.1, -0.05) is 18.2 Å². The fraction of sp³-hybridized carbons (Fsp3) is 0.421. The highest BCUT2D eigenvalue weighted by molar-refractivity contribution is 7.91. The molecule has 0 bridgehead atoms. The number of hydrazone groups is 1. The van der Waals surface area contributed by atoms with Crippen molar-refractivity contribution in [3.63, 3.8) is 0 Å². The van der Waals surface area contributed by atoms with Crippen LogP contribution in [0, 0.1) is 0 Å². The lowest BCUT2D eigenvalue weighted by molar-refractivity contribution is -0.133. The molecule has 3 heterocycles. The summed E-state index contributed by atoms with van der Waals surface area (Å²) in [7, 11) is -3.13. The molecule has 1 unspecified atom stereocenters. The van der Waals surface area contributed by atoms with E-state index in [4.69, 9.17) is 0 Å². The summed E-state index contributed by atoms with van der Waals surface area (Å²) < 4.78 is 23.4. The van der Waals surface area contributed by atoms with Gasteiger partial charge in [-0.25, -0.2) is 13.4 Å². The average Bonchev–Trinajstić information content (AvgIpc) is 3.25. The van der Waals surface area contributed by atoms with Crippen LogP contribution in [0.25, 0.3) is 10.9 Å². The monoisotopic (exact) mass is 402 g/mol. The maximum atomic E-state index is 12.5. The highest BCUT2D eigenvalue weighted by atomic mass is 32.2. The molecule has 1 aromatic heterocycles. The number of sulfone groups is 1. The second-order valence-electron chi connectivity index (χ2n) is 7.21. The van der Waals surface area contributed by atoms with Crippen molar-refractivity contribution in [3.8, 4) is 0 Å². The Morgan fingerprint density at radius 2 is 2.11 bits per heavy atom. The number of rotatable bonds is 5. The van der Waals surface area contributed by atoms with Crippen LogP contribution in [0.2, 0.25) is 0 Å². The molecule has 1 atom stereocenters. The van der Waals surface area contributed by atoms with E-state index in [1.54, 1.807) is 0 Å². The predicted octanol–water partition coefficient (Wildman–Crippen LogP) is 0.992. The van der Waals surface area contributed by atoms with Crippen molar-refractivity contribution in [2.75, 3.05) is 18.1 Å². The van der Waals surface area contributed by atoms with Crippen molar-refractivity contribution in [2.24, 2.45) is 5.10 Å². The number of aromatic nitrogens is 1. The maximum Gasteiger partial charge on any atom is 0.267 e. The van der Waals surface area contributed by atoms with Crippen molar-refractivity contribution < 1.29 is 18.0 Å². The number of hydrogen-bond donors (Lipinski definition) is 2. The molecule has 2 aliphatic rings. The number of para-hydroxylation sites is 1. The largest absolute Gasteiger partial charge is 0.361 e. The number of fused-ring (bicyclic) bond motifs is 1. The Morgan fingerprint density at radius 1 is 1.29 bits per heavy atom. The van der Waals surface area contributed by atoms with Crippen LogP contribution in [0.3, 0.4) is 0 Å². The minimum Gasteiger partial charge on any atom is -0.361 e. The Labute approximate surface area is 162 Å². The molecule has 1 saturated heterocycles. The minimum atomic E-state index is -3.13. The third-order valence-corrected chi connectivity index (χ3v) is 6.98. The number of H-pyrrole nitrogens is 1. The number of nitrogens with zero attached hydrogens (tertiary/aromatic N) is 2. The van der Waals surface area contributed by atoms with Gasteiger partial charge in [0.1, 0.15) is 5.71 Å². The number of carbonyl (C=O) groups excluding carboxylic acids is 2. The Balaban J connectivity index is 1.38. The lowest BCUT2D eigenvalue weighted by atomic mass is 10.1. The first-order chi connectivity index (χ1) is 13.4. The Hall–Kier alpha value is -2.68. The summed E-state index contributed by atoms with van der Waals surface area (Å²) in [6.45, 7) is 0.450. The van der Waals surface area contributed by atoms with Crippen LogP contribution in [-0.2, 0) is 25.8 Å². The molecule has 2 aromatic rings. The second kappa shape index (κ2) is 7.38. The van der Waals surface area contributed by atoms with Gasteiger partial charge in [0.15, 0.2) is 9.84 Å². The van der Waals surface area contributed by atoms with Gasteiger partial charge in [0, 0.05) is 36.5 Å². The van der Waals surface area contributed by atoms with E-state index in [0.29, 0.717) is 19.4 Å². The van der Waals surface area contributed by atoms with E-state index in [-0.39, 0.29) is 41.9 Å². The Bertz CT molecular complexity index is 1060. The molecule has 2 N–H and O–H groups in total. The summed E-state index contributed by atoms with van der Waals surface area (Å²) in [6.07, 6.45) is 3.43. The van der Waals surface area contributed by atoms with Crippen LogP contribution in [-0.4, -0.2) is 60.0 Å². The predicted molar refractivity (Wildman–Crippen MR) is 106 cm³/mol. The van der Waals surface area contributed by atoms with E-state index in [2.05, 4.69) is 15.4 Å². The molecule has 8 nitrogen and oxygen atoms in total. The average molecular weight is 402 g/mol. The van der Waals surface area contributed by atoms with Gasteiger partial charge in [0.2, 0.25) is 5.91 Å². The van der Waals surface area contributed by atoms with Crippen LogP contribution < -0.4 is 5.32 Å². The van der Waals surface area contributed by atoms with Gasteiger partial charge in [-0.15, -0.1) is 0 Å². The molecule has 9 heteroatoms. The van der Waals surface area contributed by atoms with Crippen molar-refractivity contribution in [1.82, 2.24) is 15.3 Å². The number of benzene rings is 1. The van der Waals surface area contributed by atoms with Gasteiger partial charge in [0.25, 0.3) is 5.91 Å². The SMILES string of the molecule is O=C(NCCc1c[nH]c2ccccc12)C1=NN(C2CCS(=O)(=O)C2)C(=O)CC1. The summed E-state index contributed by atoms with van der Waals surface area (Å²) in [5.41, 5.74) is 2.46. The zero-order valence-corrected chi connectivity index (χ0v) is 16.2. The molecule has 148 valence electrons. The van der Waals surface area contributed by atoms with Crippen LogP contribution >= 0.6 is 0 Å². The van der Waals surface area contributed by atoms with Gasteiger partial charge in [0.05, 0.1) is 17.5 Å². The molecule has 0 spiro atoms. The van der Waals surface area contributed by atoms with Gasteiger partial charge < -0.3 is 10.3 Å². The maximum absolute atomic E-state index is 12.5. The summed E-state index contributed by atoms with van der Waals surface area (Å²) in [5, 5.41) is 9.39. The molecule has 1 aromatic carbocycles. The Kier molecular flexibility index (Phi) is 4.92. The number of hydrogen-bond acceptors (Lipinski definition) is 5. The molecule has 2 amide bonds. The normalized spacial score (nSPS) is 21.7. The number of amides is 2. The topological polar surface area (TPSA) is 112 Å². The second-order valence-corrected chi connectivity index (χ2v) is 9.44. The lowest BCUT2D eigenvalue weighted by Crippen LogP contribution is -2.44. The Morgan fingerprint density at radius 3 is 2.89 bits per heavy atom. The minimum absolute atomic E-state index is 0.0586. The molecular weight excluding hydrogens is 380 g/mol. The van der Waals surface area contributed by atoms with E-state index >= 15 is 0 Å². The first kappa shape index (κ1) is 18.7. The molecule has 2 aliphatic heterocycles. The molecule has 28 heavy (non-hydrogen) atoms. The summed E-state index contributed by atoms with van der Waals surface area (Å²) in [6, 6.07) is 7.51. The van der Waals surface area contributed by atoms with Gasteiger partial charge in [-0.3, -0.25) is 9.59 Å². The first-order valence-electron chi connectivity index (χ1n) is 9.36. The van der Waals surface area contributed by atoms with E-state index in [9.17, 15) is 18.0 Å². The molecular formula is C19H22N4O4S. The van der Waals surface area contributed by atoms with Gasteiger partial charge in [-0.05, 0) is 24.5 Å². The van der Waals surface area contributed by atoms with Crippen LogP contribution in [0.5, 0.6) is 0 Å². The van der Waals surface area contributed by atoms with Crippen LogP contribution in [0.4, 0.5) is 0 Å². The lowest BCUT2D eigenvalue weighted by Gasteiger charge is -2.27.